The van der Waals surface area contributed by atoms with Crippen molar-refractivity contribution in [3.63, 3.8) is 0 Å². The molecule has 142 valence electrons. The van der Waals surface area contributed by atoms with Crippen molar-refractivity contribution in [2.75, 3.05) is 5.32 Å². The van der Waals surface area contributed by atoms with Crippen LogP contribution in [0.5, 0.6) is 0 Å². The highest BCUT2D eigenvalue weighted by Gasteiger charge is 2.17. The van der Waals surface area contributed by atoms with Crippen molar-refractivity contribution in [1.29, 1.82) is 0 Å². The Morgan fingerprint density at radius 3 is 2.64 bits per heavy atom. The fourth-order valence-electron chi connectivity index (χ4n) is 2.73. The zero-order valence-electron chi connectivity index (χ0n) is 14.9. The van der Waals surface area contributed by atoms with Gasteiger partial charge in [-0.05, 0) is 42.3 Å². The van der Waals surface area contributed by atoms with Gasteiger partial charge in [0.05, 0.1) is 11.5 Å². The van der Waals surface area contributed by atoms with E-state index in [1.807, 2.05) is 31.2 Å². The summed E-state index contributed by atoms with van der Waals surface area (Å²) in [6.45, 7) is 2.23. The van der Waals surface area contributed by atoms with Gasteiger partial charge in [0, 0.05) is 18.0 Å². The van der Waals surface area contributed by atoms with E-state index in [9.17, 15) is 24.1 Å². The fourth-order valence-corrected chi connectivity index (χ4v) is 2.73. The van der Waals surface area contributed by atoms with E-state index in [1.165, 1.54) is 16.7 Å². The van der Waals surface area contributed by atoms with Crippen LogP contribution < -0.4 is 10.9 Å². The lowest BCUT2D eigenvalue weighted by molar-refractivity contribution is -0.387. The number of pyridine rings is 1. The maximum absolute atomic E-state index is 13.4. The monoisotopic (exact) mass is 381 g/mol. The van der Waals surface area contributed by atoms with Crippen LogP contribution in [0.4, 0.5) is 15.8 Å². The maximum Gasteiger partial charge on any atom is 0.306 e. The quantitative estimate of drug-likeness (QED) is 0.541. The SMILES string of the molecule is Cc1ccccc1Cn1cccc(C(=O)Nc2ccc(F)c([N+](=O)[O-])c2)c1=O. The predicted molar refractivity (Wildman–Crippen MR) is 102 cm³/mol. The lowest BCUT2D eigenvalue weighted by atomic mass is 10.1. The molecule has 0 unspecified atom stereocenters. The second kappa shape index (κ2) is 7.83. The highest BCUT2D eigenvalue weighted by molar-refractivity contribution is 6.04. The number of anilines is 1. The molecule has 7 nitrogen and oxygen atoms in total. The Morgan fingerprint density at radius 1 is 1.18 bits per heavy atom. The molecule has 0 bridgehead atoms. The first-order valence-electron chi connectivity index (χ1n) is 8.36. The molecule has 0 fully saturated rings. The van der Waals surface area contributed by atoms with Crippen LogP contribution in [0.25, 0.3) is 0 Å². The number of aromatic nitrogens is 1. The molecule has 28 heavy (non-hydrogen) atoms. The number of carbonyl (C=O) groups is 1. The number of amides is 1. The molecule has 0 aliphatic rings. The minimum absolute atomic E-state index is 0.0202. The third kappa shape index (κ3) is 3.96. The van der Waals surface area contributed by atoms with Crippen molar-refractivity contribution in [2.24, 2.45) is 0 Å². The van der Waals surface area contributed by atoms with Crippen molar-refractivity contribution in [3.05, 3.63) is 104 Å². The molecule has 3 aromatic rings. The third-order valence-corrected chi connectivity index (χ3v) is 4.27. The van der Waals surface area contributed by atoms with E-state index < -0.39 is 27.9 Å². The van der Waals surface area contributed by atoms with Gasteiger partial charge in [0.15, 0.2) is 0 Å². The first-order valence-corrected chi connectivity index (χ1v) is 8.36. The summed E-state index contributed by atoms with van der Waals surface area (Å²) < 4.78 is 14.8. The van der Waals surface area contributed by atoms with Gasteiger partial charge in [0.25, 0.3) is 11.5 Å². The van der Waals surface area contributed by atoms with Crippen molar-refractivity contribution in [1.82, 2.24) is 4.57 Å². The van der Waals surface area contributed by atoms with Gasteiger partial charge in [-0.15, -0.1) is 0 Å². The number of nitro benzene ring substituents is 1. The van der Waals surface area contributed by atoms with Gasteiger partial charge < -0.3 is 9.88 Å². The number of rotatable bonds is 5. The molecule has 0 atom stereocenters. The largest absolute Gasteiger partial charge is 0.322 e. The minimum atomic E-state index is -1.01. The Morgan fingerprint density at radius 2 is 1.93 bits per heavy atom. The molecule has 2 aromatic carbocycles. The Hall–Kier alpha value is -3.81. The molecule has 0 aliphatic carbocycles. The average Bonchev–Trinajstić information content (AvgIpc) is 2.66. The Kier molecular flexibility index (Phi) is 5.30. The topological polar surface area (TPSA) is 94.2 Å². The van der Waals surface area contributed by atoms with Gasteiger partial charge in [-0.1, -0.05) is 24.3 Å². The van der Waals surface area contributed by atoms with Crippen molar-refractivity contribution in [3.8, 4) is 0 Å². The van der Waals surface area contributed by atoms with Gasteiger partial charge in [-0.3, -0.25) is 19.7 Å². The summed E-state index contributed by atoms with van der Waals surface area (Å²) >= 11 is 0. The van der Waals surface area contributed by atoms with E-state index in [2.05, 4.69) is 5.32 Å². The number of hydrogen-bond acceptors (Lipinski definition) is 4. The summed E-state index contributed by atoms with van der Waals surface area (Å²) in [7, 11) is 0. The average molecular weight is 381 g/mol. The van der Waals surface area contributed by atoms with Crippen LogP contribution in [0.2, 0.25) is 0 Å². The Bertz CT molecular complexity index is 1120. The fraction of sp³-hybridized carbons (Fsp3) is 0.100. The van der Waals surface area contributed by atoms with Crippen LogP contribution in [0, 0.1) is 22.9 Å². The number of nitrogens with zero attached hydrogens (tertiary/aromatic N) is 2. The van der Waals surface area contributed by atoms with Crippen molar-refractivity contribution >= 4 is 17.3 Å². The molecule has 1 aromatic heterocycles. The lowest BCUT2D eigenvalue weighted by Crippen LogP contribution is -2.29. The molecule has 1 N–H and O–H groups in total. The van der Waals surface area contributed by atoms with Gasteiger partial charge in [0.2, 0.25) is 5.82 Å². The first-order chi connectivity index (χ1) is 13.4. The minimum Gasteiger partial charge on any atom is -0.322 e. The molecular weight excluding hydrogens is 365 g/mol. The van der Waals surface area contributed by atoms with Crippen molar-refractivity contribution in [2.45, 2.75) is 13.5 Å². The van der Waals surface area contributed by atoms with Gasteiger partial charge in [-0.2, -0.15) is 4.39 Å². The van der Waals surface area contributed by atoms with Gasteiger partial charge >= 0.3 is 5.69 Å². The van der Waals surface area contributed by atoms with Gasteiger partial charge in [0.1, 0.15) is 5.56 Å². The molecule has 0 spiro atoms. The van der Waals surface area contributed by atoms with E-state index in [-0.39, 0.29) is 11.3 Å². The highest BCUT2D eigenvalue weighted by atomic mass is 19.1. The molecule has 0 saturated heterocycles. The zero-order valence-corrected chi connectivity index (χ0v) is 14.9. The lowest BCUT2D eigenvalue weighted by Gasteiger charge is -2.10. The summed E-state index contributed by atoms with van der Waals surface area (Å²) in [5.41, 5.74) is 0.594. The van der Waals surface area contributed by atoms with E-state index in [0.29, 0.717) is 6.54 Å². The first kappa shape index (κ1) is 19.0. The summed E-state index contributed by atoms with van der Waals surface area (Å²) in [5.74, 6) is -1.74. The van der Waals surface area contributed by atoms with Crippen LogP contribution in [-0.4, -0.2) is 15.4 Å². The highest BCUT2D eigenvalue weighted by Crippen LogP contribution is 2.21. The van der Waals surface area contributed by atoms with Crippen LogP contribution in [0.15, 0.2) is 65.6 Å². The molecule has 0 aliphatic heterocycles. The molecule has 1 amide bonds. The summed E-state index contributed by atoms with van der Waals surface area (Å²) in [5, 5.41) is 13.2. The second-order valence-corrected chi connectivity index (χ2v) is 6.16. The molecule has 0 radical (unpaired) electrons. The maximum atomic E-state index is 13.4. The van der Waals surface area contributed by atoms with E-state index in [0.717, 1.165) is 23.3 Å². The van der Waals surface area contributed by atoms with Crippen molar-refractivity contribution < 1.29 is 14.1 Å². The predicted octanol–water partition coefficient (Wildman–Crippen LogP) is 3.50. The van der Waals surface area contributed by atoms with E-state index >= 15 is 0 Å². The number of halogens is 1. The number of aryl methyl sites for hydroxylation is 1. The molecule has 3 rings (SSSR count). The number of nitro groups is 1. The standard InChI is InChI=1S/C20H16FN3O4/c1-13-5-2-3-6-14(13)12-23-10-4-7-16(20(23)26)19(25)22-15-8-9-17(21)18(11-15)24(27)28/h2-11H,12H2,1H3,(H,22,25). The third-order valence-electron chi connectivity index (χ3n) is 4.27. The van der Waals surface area contributed by atoms with Gasteiger partial charge in [-0.25, -0.2) is 0 Å². The number of hydrogen-bond donors (Lipinski definition) is 1. The normalized spacial score (nSPS) is 10.5. The number of carbonyl (C=O) groups excluding carboxylic acids is 1. The smallest absolute Gasteiger partial charge is 0.306 e. The van der Waals surface area contributed by atoms with Crippen LogP contribution >= 0.6 is 0 Å². The Labute approximate surface area is 159 Å². The summed E-state index contributed by atoms with van der Waals surface area (Å²) in [6.07, 6.45) is 1.58. The zero-order chi connectivity index (χ0) is 20.3. The van der Waals surface area contributed by atoms with Crippen LogP contribution in [-0.2, 0) is 6.54 Å². The molecular formula is C20H16FN3O4. The van der Waals surface area contributed by atoms with E-state index in [4.69, 9.17) is 0 Å². The molecule has 8 heteroatoms. The van der Waals surface area contributed by atoms with Crippen LogP contribution in [0.1, 0.15) is 21.5 Å². The Balaban J connectivity index is 1.87. The number of benzene rings is 2. The molecule has 0 saturated carbocycles. The molecule has 1 heterocycles. The summed E-state index contributed by atoms with van der Waals surface area (Å²) in [4.78, 5) is 35.1. The second-order valence-electron chi connectivity index (χ2n) is 6.16. The number of nitrogens with one attached hydrogen (secondary N) is 1. The summed E-state index contributed by atoms with van der Waals surface area (Å²) in [6, 6.07) is 13.5. The van der Waals surface area contributed by atoms with Crippen LogP contribution in [0.3, 0.4) is 0 Å². The van der Waals surface area contributed by atoms with E-state index in [1.54, 1.807) is 12.3 Å².